The fraction of sp³-hybridized carbons (Fsp3) is 0.208. The second kappa shape index (κ2) is 8.95. The molecule has 12 heteroatoms. The number of halogens is 3. The molecule has 0 unspecified atom stereocenters. The van der Waals surface area contributed by atoms with E-state index in [2.05, 4.69) is 25.3 Å². The first-order chi connectivity index (χ1) is 17.2. The molecule has 0 saturated carbocycles. The molecule has 1 fully saturated rings. The highest BCUT2D eigenvalue weighted by molar-refractivity contribution is 6.06. The molecule has 0 atom stereocenters. The Morgan fingerprint density at radius 1 is 0.944 bits per heavy atom. The van der Waals surface area contributed by atoms with Gasteiger partial charge in [-0.2, -0.15) is 23.0 Å². The summed E-state index contributed by atoms with van der Waals surface area (Å²) >= 11 is 0. The van der Waals surface area contributed by atoms with Gasteiger partial charge in [0.2, 0.25) is 0 Å². The summed E-state index contributed by atoms with van der Waals surface area (Å²) in [6.07, 6.45) is 2.71. The fourth-order valence-corrected chi connectivity index (χ4v) is 4.18. The number of carbonyl (C=O) groups is 2. The van der Waals surface area contributed by atoms with E-state index in [9.17, 15) is 27.9 Å². The van der Waals surface area contributed by atoms with Crippen LogP contribution in [0.15, 0.2) is 55.1 Å². The summed E-state index contributed by atoms with van der Waals surface area (Å²) in [4.78, 5) is 34.8. The molecule has 0 aliphatic carbocycles. The highest BCUT2D eigenvalue weighted by atomic mass is 19.4. The first-order valence-corrected chi connectivity index (χ1v) is 11.0. The van der Waals surface area contributed by atoms with Crippen molar-refractivity contribution >= 4 is 34.3 Å². The molecule has 1 amide bonds. The lowest BCUT2D eigenvalue weighted by Gasteiger charge is -2.17. The van der Waals surface area contributed by atoms with E-state index in [1.807, 2.05) is 6.07 Å². The zero-order valence-electron chi connectivity index (χ0n) is 18.7. The molecule has 0 radical (unpaired) electrons. The highest BCUT2D eigenvalue weighted by Gasteiger charge is 2.31. The Kier molecular flexibility index (Phi) is 5.78. The van der Waals surface area contributed by atoms with Gasteiger partial charge < -0.3 is 15.3 Å². The van der Waals surface area contributed by atoms with Crippen LogP contribution in [0, 0.1) is 0 Å². The van der Waals surface area contributed by atoms with Gasteiger partial charge in [-0.15, -0.1) is 0 Å². The SMILES string of the molecule is O=C(O)c1nn(C(=O)Nc2cncc(C(F)(F)F)c2)c2ccc(-c3cncc(N4CCCC4)c3)cc12. The van der Waals surface area contributed by atoms with Crippen LogP contribution < -0.4 is 10.2 Å². The number of nitrogens with zero attached hydrogens (tertiary/aromatic N) is 5. The first kappa shape index (κ1) is 23.3. The standard InChI is InChI=1S/C24H19F3N6O3/c25-24(26,27)16-9-17(12-29-11-16)30-23(36)33-20-4-3-14(8-19(20)21(31-33)22(34)35)15-7-18(13-28-10-15)32-5-1-2-6-32/h3-4,7-13H,1-2,5-6H2,(H,30,36)(H,34,35). The van der Waals surface area contributed by atoms with Gasteiger partial charge in [-0.05, 0) is 42.7 Å². The molecule has 36 heavy (non-hydrogen) atoms. The predicted octanol–water partition coefficient (Wildman–Crippen LogP) is 4.89. The third kappa shape index (κ3) is 4.44. The number of carbonyl (C=O) groups excluding carboxylic acids is 1. The Hall–Kier alpha value is -4.48. The van der Waals surface area contributed by atoms with Crippen molar-refractivity contribution in [2.24, 2.45) is 0 Å². The minimum atomic E-state index is -4.64. The topological polar surface area (TPSA) is 113 Å². The zero-order valence-corrected chi connectivity index (χ0v) is 18.7. The Labute approximate surface area is 202 Å². The second-order valence-corrected chi connectivity index (χ2v) is 8.31. The van der Waals surface area contributed by atoms with Crippen LogP contribution in [0.2, 0.25) is 0 Å². The maximum absolute atomic E-state index is 13.0. The van der Waals surface area contributed by atoms with Crippen molar-refractivity contribution in [1.82, 2.24) is 19.7 Å². The van der Waals surface area contributed by atoms with Crippen molar-refractivity contribution in [3.8, 4) is 11.1 Å². The van der Waals surface area contributed by atoms with Gasteiger partial charge in [-0.1, -0.05) is 6.07 Å². The number of benzene rings is 1. The number of aromatic nitrogens is 4. The Morgan fingerprint density at radius 3 is 2.42 bits per heavy atom. The summed E-state index contributed by atoms with van der Waals surface area (Å²) in [6.45, 7) is 1.88. The molecule has 9 nitrogen and oxygen atoms in total. The van der Waals surface area contributed by atoms with E-state index < -0.39 is 23.7 Å². The normalized spacial score (nSPS) is 13.8. The molecule has 3 aromatic heterocycles. The van der Waals surface area contributed by atoms with E-state index in [0.29, 0.717) is 11.8 Å². The summed E-state index contributed by atoms with van der Waals surface area (Å²) in [5.41, 5.74) is 0.979. The number of carboxylic acid groups (broad SMARTS) is 1. The molecule has 0 bridgehead atoms. The van der Waals surface area contributed by atoms with E-state index in [1.54, 1.807) is 24.5 Å². The summed E-state index contributed by atoms with van der Waals surface area (Å²) in [5, 5.41) is 16.1. The molecular formula is C24H19F3N6O3. The lowest BCUT2D eigenvalue weighted by molar-refractivity contribution is -0.137. The minimum Gasteiger partial charge on any atom is -0.476 e. The van der Waals surface area contributed by atoms with E-state index >= 15 is 0 Å². The van der Waals surface area contributed by atoms with Crippen LogP contribution in [-0.2, 0) is 6.18 Å². The van der Waals surface area contributed by atoms with Crippen LogP contribution in [0.5, 0.6) is 0 Å². The lowest BCUT2D eigenvalue weighted by atomic mass is 10.0. The van der Waals surface area contributed by atoms with Crippen molar-refractivity contribution in [1.29, 1.82) is 0 Å². The van der Waals surface area contributed by atoms with Crippen molar-refractivity contribution in [2.75, 3.05) is 23.3 Å². The van der Waals surface area contributed by atoms with Gasteiger partial charge in [0.15, 0.2) is 5.69 Å². The monoisotopic (exact) mass is 496 g/mol. The van der Waals surface area contributed by atoms with Crippen LogP contribution in [-0.4, -0.2) is 49.9 Å². The van der Waals surface area contributed by atoms with Gasteiger partial charge in [-0.3, -0.25) is 9.97 Å². The number of rotatable bonds is 4. The van der Waals surface area contributed by atoms with E-state index in [0.717, 1.165) is 54.1 Å². The van der Waals surface area contributed by atoms with Crippen LogP contribution in [0.25, 0.3) is 22.0 Å². The van der Waals surface area contributed by atoms with Crippen molar-refractivity contribution in [2.45, 2.75) is 19.0 Å². The molecule has 1 saturated heterocycles. The molecule has 5 rings (SSSR count). The molecule has 0 spiro atoms. The number of aromatic carboxylic acids is 1. The zero-order chi connectivity index (χ0) is 25.4. The van der Waals surface area contributed by atoms with E-state index in [-0.39, 0.29) is 22.3 Å². The summed E-state index contributed by atoms with van der Waals surface area (Å²) in [7, 11) is 0. The van der Waals surface area contributed by atoms with Gasteiger partial charge in [0.25, 0.3) is 0 Å². The first-order valence-electron chi connectivity index (χ1n) is 11.0. The highest BCUT2D eigenvalue weighted by Crippen LogP contribution is 2.31. The number of nitrogens with one attached hydrogen (secondary N) is 1. The van der Waals surface area contributed by atoms with Crippen LogP contribution in [0.3, 0.4) is 0 Å². The average Bonchev–Trinajstić information content (AvgIpc) is 3.52. The predicted molar refractivity (Wildman–Crippen MR) is 125 cm³/mol. The van der Waals surface area contributed by atoms with Crippen LogP contribution in [0.1, 0.15) is 28.9 Å². The quantitative estimate of drug-likeness (QED) is 0.414. The van der Waals surface area contributed by atoms with Crippen molar-refractivity contribution < 1.29 is 27.9 Å². The van der Waals surface area contributed by atoms with Crippen molar-refractivity contribution in [3.05, 3.63) is 66.4 Å². The number of amides is 1. The molecule has 1 aromatic carbocycles. The summed E-state index contributed by atoms with van der Waals surface area (Å²) < 4.78 is 39.7. The number of hydrogen-bond donors (Lipinski definition) is 2. The van der Waals surface area contributed by atoms with Crippen molar-refractivity contribution in [3.63, 3.8) is 0 Å². The second-order valence-electron chi connectivity index (χ2n) is 8.31. The molecule has 1 aliphatic heterocycles. The van der Waals surface area contributed by atoms with Gasteiger partial charge >= 0.3 is 18.2 Å². The van der Waals surface area contributed by atoms with E-state index in [4.69, 9.17) is 0 Å². The van der Waals surface area contributed by atoms with Crippen LogP contribution in [0.4, 0.5) is 29.3 Å². The Bertz CT molecular complexity index is 1480. The molecule has 4 heterocycles. The van der Waals surface area contributed by atoms with Gasteiger partial charge in [0, 0.05) is 36.4 Å². The minimum absolute atomic E-state index is 0.178. The Morgan fingerprint density at radius 2 is 1.69 bits per heavy atom. The Balaban J connectivity index is 1.50. The average molecular weight is 496 g/mol. The van der Waals surface area contributed by atoms with Gasteiger partial charge in [-0.25, -0.2) is 9.59 Å². The molecule has 2 N–H and O–H groups in total. The third-order valence-electron chi connectivity index (χ3n) is 5.92. The summed E-state index contributed by atoms with van der Waals surface area (Å²) in [6, 6.07) is 6.61. The maximum Gasteiger partial charge on any atom is 0.417 e. The maximum atomic E-state index is 13.0. The van der Waals surface area contributed by atoms with Crippen LogP contribution >= 0.6 is 0 Å². The van der Waals surface area contributed by atoms with Gasteiger partial charge in [0.1, 0.15) is 0 Å². The molecule has 4 aromatic rings. The molecule has 1 aliphatic rings. The third-order valence-corrected chi connectivity index (χ3v) is 5.92. The smallest absolute Gasteiger partial charge is 0.417 e. The number of hydrogen-bond acceptors (Lipinski definition) is 6. The number of carboxylic acids is 1. The molecular weight excluding hydrogens is 477 g/mol. The largest absolute Gasteiger partial charge is 0.476 e. The fourth-order valence-electron chi connectivity index (χ4n) is 4.18. The van der Waals surface area contributed by atoms with E-state index in [1.165, 1.54) is 6.07 Å². The number of anilines is 2. The lowest BCUT2D eigenvalue weighted by Crippen LogP contribution is -2.21. The summed E-state index contributed by atoms with van der Waals surface area (Å²) in [5.74, 6) is -1.35. The number of fused-ring (bicyclic) bond motifs is 1. The molecule has 184 valence electrons. The number of alkyl halides is 3. The number of pyridine rings is 2. The van der Waals surface area contributed by atoms with Gasteiger partial charge in [0.05, 0.1) is 34.8 Å².